The van der Waals surface area contributed by atoms with Gasteiger partial charge in [-0.2, -0.15) is 0 Å². The van der Waals surface area contributed by atoms with Crippen LogP contribution >= 0.6 is 11.8 Å². The molecular weight excluding hydrogens is 230 g/mol. The molecule has 1 aromatic rings. The third-order valence-electron chi connectivity index (χ3n) is 2.79. The highest BCUT2D eigenvalue weighted by Crippen LogP contribution is 2.36. The van der Waals surface area contributed by atoms with Gasteiger partial charge in [0.1, 0.15) is 0 Å². The number of thioether (sulfide) groups is 1. The maximum atomic E-state index is 11.9. The Balaban J connectivity index is 1.84. The van der Waals surface area contributed by atoms with Gasteiger partial charge in [0.2, 0.25) is 5.91 Å². The lowest BCUT2D eigenvalue weighted by Gasteiger charge is -2.08. The third kappa shape index (κ3) is 3.13. The Morgan fingerprint density at radius 2 is 2.35 bits per heavy atom. The first-order chi connectivity index (χ1) is 8.31. The summed E-state index contributed by atoms with van der Waals surface area (Å²) < 4.78 is 0. The van der Waals surface area contributed by atoms with Gasteiger partial charge in [0, 0.05) is 11.4 Å². The maximum Gasteiger partial charge on any atom is 0.233 e. The minimum atomic E-state index is 0.0537. The Labute approximate surface area is 106 Å². The maximum absolute atomic E-state index is 11.9. The summed E-state index contributed by atoms with van der Waals surface area (Å²) in [6.45, 7) is 2.72. The second-order valence-corrected chi connectivity index (χ2v) is 5.31. The number of amides is 1. The summed E-state index contributed by atoms with van der Waals surface area (Å²) in [6, 6.07) is 8.26. The number of hydrogen-bond donors (Lipinski definition) is 1. The number of hydrogen-bond acceptors (Lipinski definition) is 2. The Bertz CT molecular complexity index is 403. The lowest BCUT2D eigenvalue weighted by atomic mass is 10.1. The van der Waals surface area contributed by atoms with Crippen LogP contribution in [0.2, 0.25) is 0 Å². The zero-order valence-electron chi connectivity index (χ0n) is 9.98. The fourth-order valence-corrected chi connectivity index (χ4v) is 3.11. The van der Waals surface area contributed by atoms with Crippen molar-refractivity contribution in [1.29, 1.82) is 0 Å². The molecule has 0 spiro atoms. The summed E-state index contributed by atoms with van der Waals surface area (Å²) in [6.07, 6.45) is 5.84. The zero-order valence-corrected chi connectivity index (χ0v) is 10.8. The molecule has 2 nitrogen and oxygen atoms in total. The summed E-state index contributed by atoms with van der Waals surface area (Å²) in [5.74, 6) is 0.163. The van der Waals surface area contributed by atoms with Crippen LogP contribution in [0.3, 0.4) is 0 Å². The molecule has 0 bridgehead atoms. The van der Waals surface area contributed by atoms with E-state index in [2.05, 4.69) is 23.5 Å². The lowest BCUT2D eigenvalue weighted by Crippen LogP contribution is -2.32. The number of allylic oxidation sites excluding steroid dienone is 1. The number of fused-ring (bicyclic) bond motifs is 1. The molecule has 0 aliphatic carbocycles. The molecule has 0 saturated heterocycles. The minimum absolute atomic E-state index is 0.0537. The molecule has 1 heterocycles. The second-order valence-electron chi connectivity index (χ2n) is 4.07. The van der Waals surface area contributed by atoms with Crippen molar-refractivity contribution in [1.82, 2.24) is 5.32 Å². The van der Waals surface area contributed by atoms with E-state index < -0.39 is 0 Å². The van der Waals surface area contributed by atoms with Gasteiger partial charge in [-0.25, -0.2) is 0 Å². The number of rotatable bonds is 4. The molecule has 1 N–H and O–H groups in total. The van der Waals surface area contributed by atoms with Crippen LogP contribution in [0.5, 0.6) is 0 Å². The van der Waals surface area contributed by atoms with Crippen LogP contribution in [0.1, 0.15) is 18.9 Å². The average Bonchev–Trinajstić information content (AvgIpc) is 2.78. The number of carbonyl (C=O) groups is 1. The number of carbonyl (C=O) groups excluding carboxylic acids is 1. The zero-order chi connectivity index (χ0) is 12.1. The molecule has 0 saturated carbocycles. The molecule has 90 valence electrons. The highest BCUT2D eigenvalue weighted by Gasteiger charge is 2.27. The monoisotopic (exact) mass is 247 g/mol. The third-order valence-corrected chi connectivity index (χ3v) is 4.10. The molecule has 0 radical (unpaired) electrons. The van der Waals surface area contributed by atoms with E-state index in [1.54, 1.807) is 11.8 Å². The van der Waals surface area contributed by atoms with Gasteiger partial charge >= 0.3 is 0 Å². The Morgan fingerprint density at radius 3 is 3.12 bits per heavy atom. The molecule has 2 rings (SSSR count). The summed E-state index contributed by atoms with van der Waals surface area (Å²) in [5.41, 5.74) is 1.30. The average molecular weight is 247 g/mol. The van der Waals surface area contributed by atoms with Gasteiger partial charge in [0.15, 0.2) is 0 Å². The van der Waals surface area contributed by atoms with Crippen molar-refractivity contribution >= 4 is 17.7 Å². The normalized spacial score (nSPS) is 18.3. The largest absolute Gasteiger partial charge is 0.355 e. The van der Waals surface area contributed by atoms with E-state index in [9.17, 15) is 4.79 Å². The van der Waals surface area contributed by atoms with Crippen LogP contribution in [0.4, 0.5) is 0 Å². The van der Waals surface area contributed by atoms with Crippen LogP contribution in [0, 0.1) is 0 Å². The predicted octanol–water partition coefficient (Wildman–Crippen LogP) is 2.79. The smallest absolute Gasteiger partial charge is 0.233 e. The van der Waals surface area contributed by atoms with Crippen molar-refractivity contribution in [3.8, 4) is 0 Å². The fraction of sp³-hybridized carbons (Fsp3) is 0.357. The van der Waals surface area contributed by atoms with Crippen LogP contribution in [0.25, 0.3) is 0 Å². The molecular formula is C14H17NOS. The van der Waals surface area contributed by atoms with Gasteiger partial charge in [-0.3, -0.25) is 4.79 Å². The van der Waals surface area contributed by atoms with E-state index >= 15 is 0 Å². The first-order valence-electron chi connectivity index (χ1n) is 5.94. The van der Waals surface area contributed by atoms with E-state index in [1.807, 2.05) is 25.1 Å². The van der Waals surface area contributed by atoms with Gasteiger partial charge in [-0.15, -0.1) is 11.8 Å². The van der Waals surface area contributed by atoms with Crippen LogP contribution in [-0.4, -0.2) is 17.7 Å². The molecule has 0 fully saturated rings. The van der Waals surface area contributed by atoms with Crippen molar-refractivity contribution in [3.05, 3.63) is 42.0 Å². The quantitative estimate of drug-likeness (QED) is 0.655. The minimum Gasteiger partial charge on any atom is -0.355 e. The molecule has 1 atom stereocenters. The van der Waals surface area contributed by atoms with Gasteiger partial charge in [-0.1, -0.05) is 30.4 Å². The van der Waals surface area contributed by atoms with Crippen LogP contribution in [0.15, 0.2) is 41.3 Å². The topological polar surface area (TPSA) is 29.1 Å². The first-order valence-corrected chi connectivity index (χ1v) is 6.82. The molecule has 1 aliphatic heterocycles. The molecule has 3 heteroatoms. The summed E-state index contributed by atoms with van der Waals surface area (Å²) in [5, 5.41) is 3.04. The Kier molecular flexibility index (Phi) is 4.26. The van der Waals surface area contributed by atoms with E-state index in [1.165, 1.54) is 10.5 Å². The van der Waals surface area contributed by atoms with E-state index in [4.69, 9.17) is 0 Å². The van der Waals surface area contributed by atoms with Crippen molar-refractivity contribution in [2.75, 3.05) is 6.54 Å². The highest BCUT2D eigenvalue weighted by molar-refractivity contribution is 8.01. The summed E-state index contributed by atoms with van der Waals surface area (Å²) in [7, 11) is 0. The highest BCUT2D eigenvalue weighted by atomic mass is 32.2. The second kappa shape index (κ2) is 5.92. The van der Waals surface area contributed by atoms with Crippen molar-refractivity contribution in [3.63, 3.8) is 0 Å². The molecule has 0 aromatic heterocycles. The number of benzene rings is 1. The first kappa shape index (κ1) is 12.2. The Morgan fingerprint density at radius 1 is 1.53 bits per heavy atom. The van der Waals surface area contributed by atoms with Crippen LogP contribution < -0.4 is 5.32 Å². The van der Waals surface area contributed by atoms with Crippen molar-refractivity contribution < 1.29 is 4.79 Å². The molecule has 1 amide bonds. The van der Waals surface area contributed by atoms with E-state index in [0.29, 0.717) is 0 Å². The van der Waals surface area contributed by atoms with E-state index in [-0.39, 0.29) is 11.2 Å². The predicted molar refractivity (Wildman–Crippen MR) is 72.2 cm³/mol. The molecule has 1 unspecified atom stereocenters. The molecule has 1 aliphatic rings. The van der Waals surface area contributed by atoms with Crippen molar-refractivity contribution in [2.24, 2.45) is 0 Å². The Hall–Kier alpha value is -1.22. The van der Waals surface area contributed by atoms with Gasteiger partial charge in [-0.05, 0) is 31.4 Å². The van der Waals surface area contributed by atoms with Gasteiger partial charge in [0.05, 0.1) is 5.25 Å². The number of nitrogens with one attached hydrogen (secondary N) is 1. The summed E-state index contributed by atoms with van der Waals surface area (Å²) >= 11 is 1.68. The van der Waals surface area contributed by atoms with Crippen molar-refractivity contribution in [2.45, 2.75) is 29.9 Å². The lowest BCUT2D eigenvalue weighted by molar-refractivity contribution is -0.120. The van der Waals surface area contributed by atoms with Crippen LogP contribution in [-0.2, 0) is 11.2 Å². The fourth-order valence-electron chi connectivity index (χ4n) is 1.89. The van der Waals surface area contributed by atoms with E-state index in [0.717, 1.165) is 19.4 Å². The molecule has 1 aromatic carbocycles. The standard InChI is InChI=1S/C14H17NOS/c1-2-3-6-9-15-14(16)13-10-11-7-4-5-8-12(11)17-13/h2-5,7-8,13H,6,9-10H2,1H3,(H,15,16)/b3-2+. The molecule has 17 heavy (non-hydrogen) atoms. The SMILES string of the molecule is C/C=C/CCNC(=O)C1Cc2ccccc2S1. The van der Waals surface area contributed by atoms with Gasteiger partial charge in [0.25, 0.3) is 0 Å². The summed E-state index contributed by atoms with van der Waals surface area (Å²) in [4.78, 5) is 13.2. The van der Waals surface area contributed by atoms with Gasteiger partial charge < -0.3 is 5.32 Å².